The van der Waals surface area contributed by atoms with Crippen LogP contribution in [0.1, 0.15) is 125 Å². The predicted octanol–water partition coefficient (Wildman–Crippen LogP) is 10.2. The van der Waals surface area contributed by atoms with Gasteiger partial charge in [-0.05, 0) is 123 Å². The summed E-state index contributed by atoms with van der Waals surface area (Å²) in [4.78, 5) is 45.3. The van der Waals surface area contributed by atoms with E-state index < -0.39 is 39.4 Å². The zero-order valence-corrected chi connectivity index (χ0v) is 36.2. The molecule has 0 radical (unpaired) electrons. The van der Waals surface area contributed by atoms with Gasteiger partial charge in [0, 0.05) is 39.9 Å². The van der Waals surface area contributed by atoms with E-state index in [4.69, 9.17) is 16.3 Å². The quantitative estimate of drug-likeness (QED) is 0.104. The number of esters is 1. The highest BCUT2D eigenvalue weighted by atomic mass is 35.5. The van der Waals surface area contributed by atoms with E-state index in [2.05, 4.69) is 19.9 Å². The first-order valence-corrected chi connectivity index (χ1v) is 22.0. The van der Waals surface area contributed by atoms with Crippen molar-refractivity contribution in [3.8, 4) is 0 Å². The smallest absolute Gasteiger partial charge is 0.313 e. The Labute approximate surface area is 358 Å². The van der Waals surface area contributed by atoms with E-state index in [9.17, 15) is 19.8 Å². The zero-order chi connectivity index (χ0) is 42.8. The average molecular weight is 834 g/mol. The molecule has 6 atom stereocenters. The summed E-state index contributed by atoms with van der Waals surface area (Å²) in [5, 5.41) is 26.8. The summed E-state index contributed by atoms with van der Waals surface area (Å²) in [5.74, 6) is -1.83. The number of hydrogen-bond donors (Lipinski definition) is 2. The topological polar surface area (TPSA) is 104 Å². The lowest BCUT2D eigenvalue weighted by molar-refractivity contribution is -0.178. The lowest BCUT2D eigenvalue weighted by Crippen LogP contribution is -2.60. The first-order chi connectivity index (χ1) is 28.4. The molecule has 2 saturated carbocycles. The van der Waals surface area contributed by atoms with Crippen molar-refractivity contribution < 1.29 is 33.7 Å². The minimum atomic E-state index is -1.44. The van der Waals surface area contributed by atoms with Gasteiger partial charge in [-0.3, -0.25) is 14.4 Å². The summed E-state index contributed by atoms with van der Waals surface area (Å²) in [6, 6.07) is 24.2. The molecular weight excluding hydrogens is 777 g/mol. The lowest BCUT2D eigenvalue weighted by Gasteiger charge is -2.47. The van der Waals surface area contributed by atoms with Crippen molar-refractivity contribution in [1.82, 2.24) is 4.90 Å². The number of allylic oxidation sites excluding steroid dienone is 2. The Bertz CT molecular complexity index is 2380. The number of rotatable bonds is 8. The van der Waals surface area contributed by atoms with E-state index in [-0.39, 0.29) is 53.7 Å². The number of aliphatic hydroxyl groups excluding tert-OH is 1. The van der Waals surface area contributed by atoms with Crippen LogP contribution in [0.15, 0.2) is 90.5 Å². The third-order valence-electron chi connectivity index (χ3n) is 15.8. The van der Waals surface area contributed by atoms with Crippen molar-refractivity contribution in [2.75, 3.05) is 6.54 Å². The van der Waals surface area contributed by atoms with Crippen LogP contribution in [0.3, 0.4) is 0 Å². The SMILES string of the molecule is CC1=CCC[C@@]2(C)[C@@H](CC[C@@]2(O)CN(Cc2cccc3ccccc23)C(=O)[C@@]23CC[C@@](C)(C(=O)O2)C3(C)C)c2ccc(cc2C(=O)Cc2c(F)cccc2Cl)C[C@@H](O)CC1. The molecule has 5 aliphatic rings. The van der Waals surface area contributed by atoms with Crippen molar-refractivity contribution in [2.45, 2.75) is 129 Å². The van der Waals surface area contributed by atoms with E-state index in [1.54, 1.807) is 11.0 Å². The molecular formula is C51H57ClFNO6. The van der Waals surface area contributed by atoms with E-state index in [1.165, 1.54) is 12.1 Å². The van der Waals surface area contributed by atoms with Gasteiger partial charge < -0.3 is 19.8 Å². The predicted molar refractivity (Wildman–Crippen MR) is 232 cm³/mol. The van der Waals surface area contributed by atoms with Crippen molar-refractivity contribution in [1.29, 1.82) is 0 Å². The first kappa shape index (κ1) is 42.3. The number of fused-ring (bicyclic) bond motifs is 11. The van der Waals surface area contributed by atoms with Crippen LogP contribution in [-0.2, 0) is 33.7 Å². The Morgan fingerprint density at radius 2 is 1.68 bits per heavy atom. The molecule has 60 heavy (non-hydrogen) atoms. The van der Waals surface area contributed by atoms with E-state index in [0.717, 1.165) is 33.0 Å². The number of carbonyl (C=O) groups is 3. The molecule has 9 rings (SSSR count). The van der Waals surface area contributed by atoms with Crippen LogP contribution < -0.4 is 0 Å². The minimum absolute atomic E-state index is 0.0186. The van der Waals surface area contributed by atoms with Gasteiger partial charge in [0.2, 0.25) is 0 Å². The summed E-state index contributed by atoms with van der Waals surface area (Å²) in [6.45, 7) is 10.2. The molecule has 1 amide bonds. The number of ether oxygens (including phenoxy) is 1. The highest BCUT2D eigenvalue weighted by Gasteiger charge is 2.76. The average Bonchev–Trinajstić information content (AvgIpc) is 3.65. The second kappa shape index (κ2) is 15.5. The molecule has 4 aromatic rings. The van der Waals surface area contributed by atoms with Gasteiger partial charge in [0.25, 0.3) is 5.91 Å². The maximum atomic E-state index is 15.5. The van der Waals surface area contributed by atoms with Crippen molar-refractivity contribution >= 4 is 40.0 Å². The third-order valence-corrected chi connectivity index (χ3v) is 16.1. The summed E-state index contributed by atoms with van der Waals surface area (Å²) in [7, 11) is 0. The van der Waals surface area contributed by atoms with Crippen molar-refractivity contribution in [2.24, 2.45) is 16.2 Å². The highest BCUT2D eigenvalue weighted by Crippen LogP contribution is 2.66. The van der Waals surface area contributed by atoms with Gasteiger partial charge in [-0.25, -0.2) is 4.39 Å². The fraction of sp³-hybridized carbons (Fsp3) is 0.471. The molecule has 4 aliphatic carbocycles. The summed E-state index contributed by atoms with van der Waals surface area (Å²) >= 11 is 6.45. The van der Waals surface area contributed by atoms with Crippen molar-refractivity contribution in [3.05, 3.63) is 129 Å². The number of halogens is 2. The van der Waals surface area contributed by atoms with Gasteiger partial charge in [0.05, 0.1) is 23.7 Å². The van der Waals surface area contributed by atoms with Crippen LogP contribution in [0, 0.1) is 22.1 Å². The van der Waals surface area contributed by atoms with Crippen LogP contribution in [0.2, 0.25) is 5.02 Å². The molecule has 4 aromatic carbocycles. The van der Waals surface area contributed by atoms with Gasteiger partial charge >= 0.3 is 5.97 Å². The molecule has 2 N–H and O–H groups in total. The first-order valence-electron chi connectivity index (χ1n) is 21.6. The van der Waals surface area contributed by atoms with Gasteiger partial charge in [0.1, 0.15) is 5.82 Å². The molecule has 1 aliphatic heterocycles. The maximum absolute atomic E-state index is 15.5. The Morgan fingerprint density at radius 3 is 2.42 bits per heavy atom. The Kier molecular flexibility index (Phi) is 10.9. The molecule has 316 valence electrons. The number of benzene rings is 4. The number of Topliss-reactive ketones (excluding diaryl/α,β-unsaturated/α-hetero) is 1. The monoisotopic (exact) mass is 833 g/mol. The molecule has 1 heterocycles. The highest BCUT2D eigenvalue weighted by molar-refractivity contribution is 6.31. The number of amides is 1. The second-order valence-electron chi connectivity index (χ2n) is 19.2. The van der Waals surface area contributed by atoms with Crippen LogP contribution >= 0.6 is 11.6 Å². The summed E-state index contributed by atoms with van der Waals surface area (Å²) in [6.07, 6.45) is 5.91. The fourth-order valence-corrected chi connectivity index (χ4v) is 11.6. The van der Waals surface area contributed by atoms with Crippen LogP contribution in [0.4, 0.5) is 4.39 Å². The molecule has 0 spiro atoms. The normalized spacial score (nSPS) is 29.8. The van der Waals surface area contributed by atoms with E-state index in [0.29, 0.717) is 63.4 Å². The largest absolute Gasteiger partial charge is 0.448 e. The zero-order valence-electron chi connectivity index (χ0n) is 35.5. The Balaban J connectivity index is 1.24. The maximum Gasteiger partial charge on any atom is 0.313 e. The third kappa shape index (κ3) is 6.82. The number of hydrogen-bond acceptors (Lipinski definition) is 6. The Hall–Kier alpha value is -4.37. The number of nitrogens with zero attached hydrogens (tertiary/aromatic N) is 1. The van der Waals surface area contributed by atoms with Crippen LogP contribution in [0.5, 0.6) is 0 Å². The summed E-state index contributed by atoms with van der Waals surface area (Å²) < 4.78 is 21.4. The second-order valence-corrected chi connectivity index (χ2v) is 19.6. The molecule has 3 fully saturated rings. The minimum Gasteiger partial charge on any atom is -0.448 e. The molecule has 4 bridgehead atoms. The standard InChI is InChI=1S/C51H57ClFNO6/c1-32-11-10-23-48(4)41(38-21-19-33(27-36(55)20-18-32)28-39(38)44(56)29-40-42(52)16-9-17-43(40)53)22-24-50(48,59)31-54(30-35-14-8-13-34-12-6-7-15-37(34)35)45(57)51-26-25-49(5,46(58)60-51)47(51,2)3/h6-9,11-17,19,21,28,36,41,55,59H,10,18,20,22-27,29-31H2,1-5H3/t36-,41-,48-,49-,50+,51+/m0/s1. The van der Waals surface area contributed by atoms with Gasteiger partial charge in [0.15, 0.2) is 11.4 Å². The number of carbonyl (C=O) groups excluding carboxylic acids is 3. The molecule has 0 aromatic heterocycles. The van der Waals surface area contributed by atoms with Crippen LogP contribution in [0.25, 0.3) is 10.8 Å². The summed E-state index contributed by atoms with van der Waals surface area (Å²) in [5.41, 5.74) is -1.13. The van der Waals surface area contributed by atoms with Crippen LogP contribution in [-0.4, -0.2) is 56.6 Å². The van der Waals surface area contributed by atoms with E-state index in [1.807, 2.05) is 81.4 Å². The molecule has 1 saturated heterocycles. The van der Waals surface area contributed by atoms with Crippen molar-refractivity contribution in [3.63, 3.8) is 0 Å². The lowest BCUT2D eigenvalue weighted by atomic mass is 9.64. The number of ketones is 1. The number of aliphatic hydroxyl groups is 2. The van der Waals surface area contributed by atoms with E-state index >= 15 is 9.18 Å². The molecule has 7 nitrogen and oxygen atoms in total. The van der Waals surface area contributed by atoms with Gasteiger partial charge in [-0.15, -0.1) is 0 Å². The van der Waals surface area contributed by atoms with Gasteiger partial charge in [-0.2, -0.15) is 0 Å². The molecule has 0 unspecified atom stereocenters. The van der Waals surface area contributed by atoms with Gasteiger partial charge in [-0.1, -0.05) is 105 Å². The Morgan fingerprint density at radius 1 is 0.933 bits per heavy atom. The molecule has 9 heteroatoms. The fourth-order valence-electron chi connectivity index (χ4n) is 11.3.